The number of hydrogen-bond acceptors (Lipinski definition) is 6. The number of aryl methyl sites for hydroxylation is 1. The molecule has 1 aromatic rings. The number of anilines is 1. The molecule has 0 aromatic carbocycles. The Labute approximate surface area is 158 Å². The molecule has 132 valence electrons. The van der Waals surface area contributed by atoms with Crippen molar-refractivity contribution in [3.63, 3.8) is 0 Å². The largest absolute Gasteiger partial charge is 0.345 e. The molecule has 1 aromatic heterocycles. The van der Waals surface area contributed by atoms with Crippen LogP contribution in [0.5, 0.6) is 0 Å². The maximum Gasteiger partial charge on any atom is 0.224 e. The van der Waals surface area contributed by atoms with Crippen LogP contribution in [0.3, 0.4) is 0 Å². The minimum Gasteiger partial charge on any atom is -0.345 e. The Morgan fingerprint density at radius 1 is 1.35 bits per heavy atom. The van der Waals surface area contributed by atoms with Gasteiger partial charge in [0.15, 0.2) is 5.13 Å². The summed E-state index contributed by atoms with van der Waals surface area (Å²) in [6.45, 7) is 6.47. The van der Waals surface area contributed by atoms with Gasteiger partial charge in [-0.3, -0.25) is 4.79 Å². The summed E-state index contributed by atoms with van der Waals surface area (Å²) in [5.41, 5.74) is 1.08. The molecule has 1 unspecified atom stereocenters. The van der Waals surface area contributed by atoms with Crippen LogP contribution in [0.4, 0.5) is 5.13 Å². The lowest BCUT2D eigenvalue weighted by Gasteiger charge is -2.35. The lowest BCUT2D eigenvalue weighted by molar-refractivity contribution is -0.131. The maximum atomic E-state index is 12.4. The van der Waals surface area contributed by atoms with E-state index < -0.39 is 0 Å². The Balaban J connectivity index is 0.00000132. The Kier molecular flexibility index (Phi) is 9.00. The predicted octanol–water partition coefficient (Wildman–Crippen LogP) is 2.04. The summed E-state index contributed by atoms with van der Waals surface area (Å²) >= 11 is 3.64. The first-order valence-corrected chi connectivity index (χ1v) is 9.52. The summed E-state index contributed by atoms with van der Waals surface area (Å²) in [6.07, 6.45) is 0.642. The normalized spacial score (nSPS) is 21.3. The van der Waals surface area contributed by atoms with Crippen LogP contribution < -0.4 is 10.2 Å². The highest BCUT2D eigenvalue weighted by atomic mass is 35.5. The fourth-order valence-electron chi connectivity index (χ4n) is 2.72. The van der Waals surface area contributed by atoms with E-state index in [1.54, 1.807) is 11.3 Å². The van der Waals surface area contributed by atoms with Gasteiger partial charge in [-0.25, -0.2) is 4.98 Å². The van der Waals surface area contributed by atoms with E-state index in [0.29, 0.717) is 18.4 Å². The van der Waals surface area contributed by atoms with Crippen molar-refractivity contribution in [1.82, 2.24) is 15.2 Å². The molecular weight excluding hydrogens is 375 g/mol. The number of carbonyl (C=O) groups excluding carboxylic acids is 1. The SMILES string of the molecule is Cc1csc(N2CCN(C(=O)CC3CSCCN3)CC2)n1.Cl.Cl. The van der Waals surface area contributed by atoms with Crippen LogP contribution >= 0.6 is 47.9 Å². The quantitative estimate of drug-likeness (QED) is 0.843. The Hall–Kier alpha value is -0.210. The molecule has 2 aliphatic rings. The van der Waals surface area contributed by atoms with Gasteiger partial charge in [0.1, 0.15) is 0 Å². The molecule has 0 bridgehead atoms. The number of amides is 1. The van der Waals surface area contributed by atoms with Crippen molar-refractivity contribution in [3.05, 3.63) is 11.1 Å². The van der Waals surface area contributed by atoms with Crippen molar-refractivity contribution < 1.29 is 4.79 Å². The van der Waals surface area contributed by atoms with Gasteiger partial charge in [-0.1, -0.05) is 0 Å². The smallest absolute Gasteiger partial charge is 0.224 e. The summed E-state index contributed by atoms with van der Waals surface area (Å²) in [4.78, 5) is 21.2. The van der Waals surface area contributed by atoms with Crippen molar-refractivity contribution in [2.75, 3.05) is 49.1 Å². The Bertz CT molecular complexity index is 489. The molecule has 2 saturated heterocycles. The topological polar surface area (TPSA) is 48.5 Å². The van der Waals surface area contributed by atoms with Gasteiger partial charge < -0.3 is 15.1 Å². The van der Waals surface area contributed by atoms with Crippen molar-refractivity contribution in [1.29, 1.82) is 0 Å². The van der Waals surface area contributed by atoms with E-state index in [1.807, 2.05) is 23.6 Å². The molecule has 1 atom stereocenters. The van der Waals surface area contributed by atoms with Crippen LogP contribution in [0.15, 0.2) is 5.38 Å². The highest BCUT2D eigenvalue weighted by molar-refractivity contribution is 7.99. The van der Waals surface area contributed by atoms with E-state index in [2.05, 4.69) is 20.6 Å². The highest BCUT2D eigenvalue weighted by Crippen LogP contribution is 2.21. The Morgan fingerprint density at radius 3 is 2.65 bits per heavy atom. The van der Waals surface area contributed by atoms with Crippen molar-refractivity contribution in [2.24, 2.45) is 0 Å². The van der Waals surface area contributed by atoms with Crippen LogP contribution in [-0.2, 0) is 4.79 Å². The molecule has 0 radical (unpaired) electrons. The van der Waals surface area contributed by atoms with E-state index in [-0.39, 0.29) is 24.8 Å². The fraction of sp³-hybridized carbons (Fsp3) is 0.714. The van der Waals surface area contributed by atoms with Crippen LogP contribution in [-0.4, -0.2) is 66.1 Å². The van der Waals surface area contributed by atoms with E-state index in [1.165, 1.54) is 0 Å². The zero-order valence-electron chi connectivity index (χ0n) is 13.2. The Morgan fingerprint density at radius 2 is 2.09 bits per heavy atom. The second-order valence-corrected chi connectivity index (χ2v) is 7.56. The fourth-order valence-corrected chi connectivity index (χ4v) is 4.53. The molecule has 0 aliphatic carbocycles. The summed E-state index contributed by atoms with van der Waals surface area (Å²) in [7, 11) is 0. The second-order valence-electron chi connectivity index (χ2n) is 5.57. The second kappa shape index (κ2) is 9.93. The minimum atomic E-state index is 0. The third-order valence-corrected chi connectivity index (χ3v) is 6.08. The summed E-state index contributed by atoms with van der Waals surface area (Å²) < 4.78 is 0. The monoisotopic (exact) mass is 398 g/mol. The lowest BCUT2D eigenvalue weighted by atomic mass is 10.2. The number of piperazine rings is 1. The van der Waals surface area contributed by atoms with Gasteiger partial charge in [-0.2, -0.15) is 11.8 Å². The standard InChI is InChI=1S/C14H22N4OS2.2ClH/c1-11-9-21-14(16-11)18-5-3-17(4-6-18)13(19)8-12-10-20-7-2-15-12;;/h9,12,15H,2-8,10H2,1H3;2*1H. The molecular formula is C14H24Cl2N4OS2. The van der Waals surface area contributed by atoms with Gasteiger partial charge in [0, 0.05) is 62.1 Å². The molecule has 3 rings (SSSR count). The summed E-state index contributed by atoms with van der Waals surface area (Å²) in [5, 5.41) is 6.61. The predicted molar refractivity (Wildman–Crippen MR) is 104 cm³/mol. The van der Waals surface area contributed by atoms with Gasteiger partial charge in [0.2, 0.25) is 5.91 Å². The van der Waals surface area contributed by atoms with Gasteiger partial charge in [-0.05, 0) is 6.92 Å². The maximum absolute atomic E-state index is 12.4. The van der Waals surface area contributed by atoms with Gasteiger partial charge in [0.05, 0.1) is 5.69 Å². The zero-order chi connectivity index (χ0) is 14.7. The first kappa shape index (κ1) is 20.8. The van der Waals surface area contributed by atoms with Gasteiger partial charge in [-0.15, -0.1) is 36.2 Å². The van der Waals surface area contributed by atoms with Gasteiger partial charge in [0.25, 0.3) is 0 Å². The molecule has 0 spiro atoms. The van der Waals surface area contributed by atoms with Crippen molar-refractivity contribution in [3.8, 4) is 0 Å². The number of hydrogen-bond donors (Lipinski definition) is 1. The molecule has 3 heterocycles. The molecule has 5 nitrogen and oxygen atoms in total. The number of nitrogens with zero attached hydrogens (tertiary/aromatic N) is 3. The first-order valence-electron chi connectivity index (χ1n) is 7.48. The van der Waals surface area contributed by atoms with E-state index in [4.69, 9.17) is 0 Å². The zero-order valence-corrected chi connectivity index (χ0v) is 16.5. The molecule has 9 heteroatoms. The molecule has 1 amide bonds. The lowest BCUT2D eigenvalue weighted by Crippen LogP contribution is -2.50. The third kappa shape index (κ3) is 5.67. The molecule has 1 N–H and O–H groups in total. The van der Waals surface area contributed by atoms with E-state index in [0.717, 1.165) is 55.1 Å². The molecule has 23 heavy (non-hydrogen) atoms. The number of carbonyl (C=O) groups is 1. The van der Waals surface area contributed by atoms with Crippen LogP contribution in [0.1, 0.15) is 12.1 Å². The average Bonchev–Trinajstić information content (AvgIpc) is 2.95. The number of nitrogens with one attached hydrogen (secondary N) is 1. The van der Waals surface area contributed by atoms with Crippen LogP contribution in [0.25, 0.3) is 0 Å². The third-order valence-electron chi connectivity index (χ3n) is 3.93. The number of thioether (sulfide) groups is 1. The molecule has 2 aliphatic heterocycles. The first-order chi connectivity index (χ1) is 10.2. The van der Waals surface area contributed by atoms with Gasteiger partial charge >= 0.3 is 0 Å². The van der Waals surface area contributed by atoms with Crippen LogP contribution in [0.2, 0.25) is 0 Å². The van der Waals surface area contributed by atoms with Crippen molar-refractivity contribution in [2.45, 2.75) is 19.4 Å². The number of rotatable bonds is 3. The molecule has 2 fully saturated rings. The van der Waals surface area contributed by atoms with Crippen molar-refractivity contribution >= 4 is 59.0 Å². The highest BCUT2D eigenvalue weighted by Gasteiger charge is 2.25. The van der Waals surface area contributed by atoms with E-state index >= 15 is 0 Å². The number of aromatic nitrogens is 1. The summed E-state index contributed by atoms with van der Waals surface area (Å²) in [6, 6.07) is 0.357. The minimum absolute atomic E-state index is 0. The summed E-state index contributed by atoms with van der Waals surface area (Å²) in [5.74, 6) is 2.52. The average molecular weight is 399 g/mol. The molecule has 0 saturated carbocycles. The number of halogens is 2. The number of thiazole rings is 1. The van der Waals surface area contributed by atoms with Crippen LogP contribution in [0, 0.1) is 6.92 Å². The van der Waals surface area contributed by atoms with E-state index in [9.17, 15) is 4.79 Å².